The van der Waals surface area contributed by atoms with Crippen LogP contribution in [0.15, 0.2) is 30.3 Å². The standard InChI is InChI=1S/C12H11F3N4O/c13-12(14,15)7-19-10(6-9(16)20)17-11(18-19)8-4-2-1-3-5-8/h1-5H,6-7H2,(H2,16,20). The van der Waals surface area contributed by atoms with Crippen LogP contribution in [0.2, 0.25) is 0 Å². The highest BCUT2D eigenvalue weighted by Gasteiger charge is 2.30. The van der Waals surface area contributed by atoms with Crippen LogP contribution in [0.3, 0.4) is 0 Å². The van der Waals surface area contributed by atoms with Crippen molar-refractivity contribution < 1.29 is 18.0 Å². The number of primary amides is 1. The molecule has 2 aromatic rings. The number of aromatic nitrogens is 3. The Hall–Kier alpha value is -2.38. The molecule has 8 heteroatoms. The lowest BCUT2D eigenvalue weighted by molar-refractivity contribution is -0.143. The van der Waals surface area contributed by atoms with Crippen molar-refractivity contribution in [2.24, 2.45) is 5.73 Å². The lowest BCUT2D eigenvalue weighted by Crippen LogP contribution is -2.23. The van der Waals surface area contributed by atoms with Crippen LogP contribution in [0.4, 0.5) is 13.2 Å². The maximum atomic E-state index is 12.5. The number of nitrogens with zero attached hydrogens (tertiary/aromatic N) is 3. The molecule has 0 aliphatic rings. The fourth-order valence-corrected chi connectivity index (χ4v) is 1.67. The number of nitrogens with two attached hydrogens (primary N) is 1. The van der Waals surface area contributed by atoms with Gasteiger partial charge in [-0.05, 0) is 0 Å². The number of carbonyl (C=O) groups is 1. The number of hydrogen-bond donors (Lipinski definition) is 1. The van der Waals surface area contributed by atoms with E-state index in [0.29, 0.717) is 10.2 Å². The van der Waals surface area contributed by atoms with Crippen molar-refractivity contribution >= 4 is 5.91 Å². The average molecular weight is 284 g/mol. The first-order valence-corrected chi connectivity index (χ1v) is 5.69. The number of carbonyl (C=O) groups excluding carboxylic acids is 1. The molecule has 0 saturated carbocycles. The van der Waals surface area contributed by atoms with Gasteiger partial charge in [-0.1, -0.05) is 30.3 Å². The van der Waals surface area contributed by atoms with Crippen LogP contribution in [0.5, 0.6) is 0 Å². The Morgan fingerprint density at radius 3 is 2.45 bits per heavy atom. The Labute approximate surface area is 112 Å². The topological polar surface area (TPSA) is 73.8 Å². The third-order valence-corrected chi connectivity index (χ3v) is 2.44. The molecule has 106 valence electrons. The van der Waals surface area contributed by atoms with Crippen LogP contribution < -0.4 is 5.73 Å². The van der Waals surface area contributed by atoms with Crippen molar-refractivity contribution in [2.45, 2.75) is 19.1 Å². The van der Waals surface area contributed by atoms with E-state index in [1.165, 1.54) is 0 Å². The largest absolute Gasteiger partial charge is 0.408 e. The summed E-state index contributed by atoms with van der Waals surface area (Å²) < 4.78 is 38.1. The van der Waals surface area contributed by atoms with Crippen LogP contribution in [0.1, 0.15) is 5.82 Å². The Morgan fingerprint density at radius 1 is 1.25 bits per heavy atom. The molecule has 0 atom stereocenters. The molecule has 0 radical (unpaired) electrons. The Bertz CT molecular complexity index is 607. The van der Waals surface area contributed by atoms with E-state index in [4.69, 9.17) is 5.73 Å². The molecule has 5 nitrogen and oxygen atoms in total. The maximum absolute atomic E-state index is 12.5. The molecule has 0 fully saturated rings. The highest BCUT2D eigenvalue weighted by molar-refractivity contribution is 5.75. The molecule has 1 aromatic heterocycles. The van der Waals surface area contributed by atoms with Gasteiger partial charge in [0.15, 0.2) is 5.82 Å². The molecule has 1 heterocycles. The minimum absolute atomic E-state index is 0.103. The van der Waals surface area contributed by atoms with E-state index in [1.807, 2.05) is 0 Å². The van der Waals surface area contributed by atoms with Gasteiger partial charge in [-0.15, -0.1) is 0 Å². The molecular weight excluding hydrogens is 273 g/mol. The fourth-order valence-electron chi connectivity index (χ4n) is 1.67. The highest BCUT2D eigenvalue weighted by Crippen LogP contribution is 2.21. The zero-order valence-electron chi connectivity index (χ0n) is 10.3. The summed E-state index contributed by atoms with van der Waals surface area (Å²) in [5, 5.41) is 3.80. The summed E-state index contributed by atoms with van der Waals surface area (Å²) in [6.45, 7) is -1.31. The first kappa shape index (κ1) is 14.0. The Morgan fingerprint density at radius 2 is 1.90 bits per heavy atom. The van der Waals surface area contributed by atoms with Gasteiger partial charge in [0.1, 0.15) is 12.4 Å². The van der Waals surface area contributed by atoms with E-state index in [9.17, 15) is 18.0 Å². The molecular formula is C12H11F3N4O. The molecule has 20 heavy (non-hydrogen) atoms. The van der Waals surface area contributed by atoms with Crippen molar-refractivity contribution in [3.63, 3.8) is 0 Å². The van der Waals surface area contributed by atoms with Gasteiger partial charge in [0.05, 0.1) is 6.42 Å². The van der Waals surface area contributed by atoms with Crippen molar-refractivity contribution in [3.05, 3.63) is 36.2 Å². The first-order valence-electron chi connectivity index (χ1n) is 5.69. The van der Waals surface area contributed by atoms with Crippen LogP contribution in [-0.2, 0) is 17.8 Å². The molecule has 0 saturated heterocycles. The van der Waals surface area contributed by atoms with E-state index < -0.39 is 25.0 Å². The molecule has 0 aliphatic heterocycles. The highest BCUT2D eigenvalue weighted by atomic mass is 19.4. The zero-order chi connectivity index (χ0) is 14.8. The SMILES string of the molecule is NC(=O)Cc1nc(-c2ccccc2)nn1CC(F)(F)F. The van der Waals surface area contributed by atoms with Crippen LogP contribution >= 0.6 is 0 Å². The van der Waals surface area contributed by atoms with Gasteiger partial charge in [-0.25, -0.2) is 9.67 Å². The van der Waals surface area contributed by atoms with Gasteiger partial charge in [0.2, 0.25) is 5.91 Å². The predicted octanol–water partition coefficient (Wildman–Crippen LogP) is 1.54. The fraction of sp³-hybridized carbons (Fsp3) is 0.250. The second-order valence-corrected chi connectivity index (χ2v) is 4.13. The van der Waals surface area contributed by atoms with Crippen molar-refractivity contribution in [1.82, 2.24) is 14.8 Å². The van der Waals surface area contributed by atoms with Crippen LogP contribution in [0, 0.1) is 0 Å². The van der Waals surface area contributed by atoms with Crippen LogP contribution in [0.25, 0.3) is 11.4 Å². The number of hydrogen-bond acceptors (Lipinski definition) is 3. The second-order valence-electron chi connectivity index (χ2n) is 4.13. The minimum Gasteiger partial charge on any atom is -0.369 e. The summed E-state index contributed by atoms with van der Waals surface area (Å²) in [6, 6.07) is 8.53. The molecule has 2 N–H and O–H groups in total. The molecule has 0 spiro atoms. The lowest BCUT2D eigenvalue weighted by atomic mass is 10.2. The average Bonchev–Trinajstić information content (AvgIpc) is 2.70. The molecule has 1 amide bonds. The molecule has 0 aliphatic carbocycles. The summed E-state index contributed by atoms with van der Waals surface area (Å²) in [4.78, 5) is 14.8. The molecule has 0 bridgehead atoms. The van der Waals surface area contributed by atoms with Crippen LogP contribution in [-0.4, -0.2) is 26.8 Å². The van der Waals surface area contributed by atoms with Gasteiger partial charge in [0, 0.05) is 5.56 Å². The number of rotatable bonds is 4. The minimum atomic E-state index is -4.45. The molecule has 0 unspecified atom stereocenters. The van der Waals surface area contributed by atoms with Crippen molar-refractivity contribution in [2.75, 3.05) is 0 Å². The summed E-state index contributed by atoms with van der Waals surface area (Å²) in [6.07, 6.45) is -4.84. The van der Waals surface area contributed by atoms with Crippen molar-refractivity contribution in [3.8, 4) is 11.4 Å². The van der Waals surface area contributed by atoms with Crippen molar-refractivity contribution in [1.29, 1.82) is 0 Å². The summed E-state index contributed by atoms with van der Waals surface area (Å²) in [5.74, 6) is -0.736. The van der Waals surface area contributed by atoms with E-state index in [0.717, 1.165) is 0 Å². The monoisotopic (exact) mass is 284 g/mol. The maximum Gasteiger partial charge on any atom is 0.408 e. The van der Waals surface area contributed by atoms with E-state index in [-0.39, 0.29) is 11.6 Å². The summed E-state index contributed by atoms with van der Waals surface area (Å²) in [5.41, 5.74) is 5.57. The van der Waals surface area contributed by atoms with Gasteiger partial charge in [0.25, 0.3) is 0 Å². The first-order chi connectivity index (χ1) is 9.35. The lowest BCUT2D eigenvalue weighted by Gasteiger charge is -2.07. The zero-order valence-corrected chi connectivity index (χ0v) is 10.3. The summed E-state index contributed by atoms with van der Waals surface area (Å²) >= 11 is 0. The van der Waals surface area contributed by atoms with Gasteiger partial charge < -0.3 is 5.73 Å². The van der Waals surface area contributed by atoms with E-state index >= 15 is 0 Å². The Balaban J connectivity index is 2.39. The van der Waals surface area contributed by atoms with Gasteiger partial charge in [-0.3, -0.25) is 4.79 Å². The summed E-state index contributed by atoms with van der Waals surface area (Å²) in [7, 11) is 0. The third kappa shape index (κ3) is 3.56. The van der Waals surface area contributed by atoms with E-state index in [1.54, 1.807) is 30.3 Å². The van der Waals surface area contributed by atoms with Gasteiger partial charge >= 0.3 is 6.18 Å². The Kier molecular flexibility index (Phi) is 3.73. The molecule has 2 rings (SSSR count). The van der Waals surface area contributed by atoms with E-state index in [2.05, 4.69) is 10.1 Å². The predicted molar refractivity (Wildman–Crippen MR) is 64.4 cm³/mol. The second kappa shape index (κ2) is 5.32. The number of halogens is 3. The number of amides is 1. The normalized spacial score (nSPS) is 11.6. The molecule has 1 aromatic carbocycles. The third-order valence-electron chi connectivity index (χ3n) is 2.44. The number of alkyl halides is 3. The van der Waals surface area contributed by atoms with Gasteiger partial charge in [-0.2, -0.15) is 18.3 Å². The number of benzene rings is 1. The smallest absolute Gasteiger partial charge is 0.369 e. The quantitative estimate of drug-likeness (QED) is 0.925.